The van der Waals surface area contributed by atoms with E-state index in [1.54, 1.807) is 23.4 Å². The molecule has 1 aliphatic heterocycles. The highest BCUT2D eigenvalue weighted by atomic mass is 35.5. The Labute approximate surface area is 206 Å². The standard InChI is InChI=1S/C24H23Cl2FN6O/c1-13(21-17(25)8-31-9-18(21)26)4-14-2-3-20(28)16(5-14)22(29)15-6-19(27)23(32-7-15)33-10-24(30,11-33)12-34/h2-3,5-9,12-13,29H,4,10-11,28,30H2,1H3/t13-/m0/s1. The third-order valence-electron chi connectivity index (χ3n) is 5.93. The van der Waals surface area contributed by atoms with E-state index in [9.17, 15) is 9.18 Å². The number of halogens is 3. The number of anilines is 2. The highest BCUT2D eigenvalue weighted by Gasteiger charge is 2.41. The second-order valence-electron chi connectivity index (χ2n) is 8.66. The Morgan fingerprint density at radius 3 is 2.56 bits per heavy atom. The average molecular weight is 501 g/mol. The van der Waals surface area contributed by atoms with E-state index in [1.165, 1.54) is 12.3 Å². The first-order valence-corrected chi connectivity index (χ1v) is 11.3. The number of nitrogen functional groups attached to an aromatic ring is 1. The van der Waals surface area contributed by atoms with Crippen molar-refractivity contribution in [3.05, 3.63) is 81.0 Å². The maximum atomic E-state index is 14.8. The van der Waals surface area contributed by atoms with Crippen molar-refractivity contribution in [1.82, 2.24) is 9.97 Å². The second kappa shape index (κ2) is 9.29. The Hall–Kier alpha value is -3.07. The molecule has 5 N–H and O–H groups in total. The number of nitrogens with zero attached hydrogens (tertiary/aromatic N) is 3. The zero-order valence-corrected chi connectivity index (χ0v) is 19.9. The Kier molecular flexibility index (Phi) is 6.58. The molecule has 4 rings (SSSR count). The summed E-state index contributed by atoms with van der Waals surface area (Å²) >= 11 is 12.6. The van der Waals surface area contributed by atoms with Crippen molar-refractivity contribution in [2.45, 2.75) is 24.8 Å². The minimum atomic E-state index is -0.976. The zero-order chi connectivity index (χ0) is 24.6. The number of nitrogens with one attached hydrogen (secondary N) is 1. The fourth-order valence-electron chi connectivity index (χ4n) is 4.14. The van der Waals surface area contributed by atoms with Crippen molar-refractivity contribution in [2.75, 3.05) is 23.7 Å². The summed E-state index contributed by atoms with van der Waals surface area (Å²) in [5, 5.41) is 9.62. The van der Waals surface area contributed by atoms with Gasteiger partial charge in [-0.2, -0.15) is 0 Å². The van der Waals surface area contributed by atoms with Gasteiger partial charge in [-0.3, -0.25) is 10.4 Å². The molecule has 1 saturated heterocycles. The first-order chi connectivity index (χ1) is 16.1. The number of hydrogen-bond acceptors (Lipinski definition) is 7. The lowest BCUT2D eigenvalue weighted by atomic mass is 9.91. The highest BCUT2D eigenvalue weighted by Crippen LogP contribution is 2.33. The van der Waals surface area contributed by atoms with E-state index in [2.05, 4.69) is 9.97 Å². The topological polar surface area (TPSA) is 122 Å². The van der Waals surface area contributed by atoms with Gasteiger partial charge in [0.25, 0.3) is 0 Å². The Morgan fingerprint density at radius 2 is 1.94 bits per heavy atom. The lowest BCUT2D eigenvalue weighted by molar-refractivity contribution is -0.113. The third kappa shape index (κ3) is 4.61. The van der Waals surface area contributed by atoms with Crippen LogP contribution in [-0.2, 0) is 11.2 Å². The van der Waals surface area contributed by atoms with E-state index in [0.717, 1.165) is 11.1 Å². The maximum Gasteiger partial charge on any atom is 0.166 e. The SMILES string of the molecule is C[C@@H](Cc1ccc(N)c(C(=N)c2cnc(N3CC(N)(C=O)C3)c(F)c2)c1)c1c(Cl)cncc1Cl. The fourth-order valence-corrected chi connectivity index (χ4v) is 4.88. The van der Waals surface area contributed by atoms with Crippen LogP contribution in [0.4, 0.5) is 15.9 Å². The molecular formula is C24H23Cl2FN6O. The first-order valence-electron chi connectivity index (χ1n) is 10.5. The fraction of sp³-hybridized carbons (Fsp3) is 0.250. The van der Waals surface area contributed by atoms with Gasteiger partial charge in [0.2, 0.25) is 0 Å². The van der Waals surface area contributed by atoms with E-state index >= 15 is 0 Å². The van der Waals surface area contributed by atoms with Gasteiger partial charge >= 0.3 is 0 Å². The van der Waals surface area contributed by atoms with Crippen LogP contribution in [-0.4, -0.2) is 40.6 Å². The summed E-state index contributed by atoms with van der Waals surface area (Å²) < 4.78 is 14.8. The molecule has 2 aromatic heterocycles. The number of pyridine rings is 2. The number of aldehydes is 1. The molecule has 3 aromatic rings. The van der Waals surface area contributed by atoms with Crippen LogP contribution < -0.4 is 16.4 Å². The van der Waals surface area contributed by atoms with Crippen molar-refractivity contribution in [1.29, 1.82) is 5.41 Å². The average Bonchev–Trinajstić information content (AvgIpc) is 2.77. The van der Waals surface area contributed by atoms with Gasteiger partial charge in [-0.05, 0) is 41.7 Å². The number of carbonyl (C=O) groups is 1. The molecule has 1 fully saturated rings. The van der Waals surface area contributed by atoms with E-state index < -0.39 is 11.4 Å². The van der Waals surface area contributed by atoms with Gasteiger partial charge in [0, 0.05) is 48.5 Å². The molecule has 0 saturated carbocycles. The van der Waals surface area contributed by atoms with Gasteiger partial charge < -0.3 is 21.2 Å². The van der Waals surface area contributed by atoms with E-state index in [0.29, 0.717) is 34.0 Å². The minimum absolute atomic E-state index is 0.00962. The molecular weight excluding hydrogens is 478 g/mol. The summed E-state index contributed by atoms with van der Waals surface area (Å²) in [6.07, 6.45) is 5.80. The minimum Gasteiger partial charge on any atom is -0.398 e. The number of nitrogens with two attached hydrogens (primary N) is 2. The summed E-state index contributed by atoms with van der Waals surface area (Å²) in [6, 6.07) is 6.66. The molecule has 0 spiro atoms. The van der Waals surface area contributed by atoms with Gasteiger partial charge in [-0.1, -0.05) is 36.2 Å². The number of aromatic nitrogens is 2. The Morgan fingerprint density at radius 1 is 1.26 bits per heavy atom. The van der Waals surface area contributed by atoms with Crippen LogP contribution in [0.5, 0.6) is 0 Å². The van der Waals surface area contributed by atoms with E-state index in [1.807, 2.05) is 19.1 Å². The van der Waals surface area contributed by atoms with Crippen molar-refractivity contribution in [2.24, 2.45) is 5.73 Å². The Bertz CT molecular complexity index is 1260. The maximum absolute atomic E-state index is 14.8. The van der Waals surface area contributed by atoms with Crippen LogP contribution in [0, 0.1) is 11.2 Å². The van der Waals surface area contributed by atoms with Crippen LogP contribution in [0.2, 0.25) is 10.0 Å². The summed E-state index contributed by atoms with van der Waals surface area (Å²) in [5.41, 5.74) is 13.9. The molecule has 0 aliphatic carbocycles. The normalized spacial score (nSPS) is 15.5. The largest absolute Gasteiger partial charge is 0.398 e. The molecule has 0 unspecified atom stereocenters. The molecule has 7 nitrogen and oxygen atoms in total. The molecule has 1 aromatic carbocycles. The smallest absolute Gasteiger partial charge is 0.166 e. The molecule has 10 heteroatoms. The number of carbonyl (C=O) groups excluding carboxylic acids is 1. The number of benzene rings is 1. The lowest BCUT2D eigenvalue weighted by Gasteiger charge is -2.44. The molecule has 0 radical (unpaired) electrons. The molecule has 0 amide bonds. The van der Waals surface area contributed by atoms with Crippen molar-refractivity contribution >= 4 is 46.7 Å². The summed E-state index contributed by atoms with van der Waals surface area (Å²) in [4.78, 5) is 20.7. The van der Waals surface area contributed by atoms with Crippen molar-refractivity contribution in [3.8, 4) is 0 Å². The van der Waals surface area contributed by atoms with Crippen molar-refractivity contribution < 1.29 is 9.18 Å². The predicted molar refractivity (Wildman–Crippen MR) is 133 cm³/mol. The molecule has 3 heterocycles. The van der Waals surface area contributed by atoms with Crippen LogP contribution in [0.15, 0.2) is 42.9 Å². The summed E-state index contributed by atoms with van der Waals surface area (Å²) in [6.45, 7) is 2.38. The summed E-state index contributed by atoms with van der Waals surface area (Å²) in [7, 11) is 0. The Balaban J connectivity index is 1.55. The van der Waals surface area contributed by atoms with E-state index in [4.69, 9.17) is 40.1 Å². The molecule has 34 heavy (non-hydrogen) atoms. The number of rotatable bonds is 7. The lowest BCUT2D eigenvalue weighted by Crippen LogP contribution is -2.69. The van der Waals surface area contributed by atoms with Gasteiger partial charge in [-0.25, -0.2) is 9.37 Å². The van der Waals surface area contributed by atoms with Gasteiger partial charge in [0.15, 0.2) is 11.6 Å². The molecule has 1 atom stereocenters. The van der Waals surface area contributed by atoms with Gasteiger partial charge in [0.1, 0.15) is 11.8 Å². The van der Waals surface area contributed by atoms with E-state index in [-0.39, 0.29) is 36.1 Å². The van der Waals surface area contributed by atoms with Gasteiger partial charge in [0.05, 0.1) is 15.8 Å². The predicted octanol–water partition coefficient (Wildman–Crippen LogP) is 3.98. The van der Waals surface area contributed by atoms with Crippen LogP contribution >= 0.6 is 23.2 Å². The first kappa shape index (κ1) is 24.1. The van der Waals surface area contributed by atoms with Gasteiger partial charge in [-0.15, -0.1) is 0 Å². The van der Waals surface area contributed by atoms with Crippen LogP contribution in [0.3, 0.4) is 0 Å². The van der Waals surface area contributed by atoms with Crippen molar-refractivity contribution in [3.63, 3.8) is 0 Å². The van der Waals surface area contributed by atoms with Crippen LogP contribution in [0.25, 0.3) is 0 Å². The van der Waals surface area contributed by atoms with Crippen LogP contribution in [0.1, 0.15) is 35.1 Å². The summed E-state index contributed by atoms with van der Waals surface area (Å²) in [5.74, 6) is -0.508. The second-order valence-corrected chi connectivity index (χ2v) is 9.47. The third-order valence-corrected chi connectivity index (χ3v) is 6.53. The molecule has 0 bridgehead atoms. The molecule has 1 aliphatic rings. The monoisotopic (exact) mass is 500 g/mol. The number of hydrogen-bond donors (Lipinski definition) is 3. The zero-order valence-electron chi connectivity index (χ0n) is 18.4. The molecule has 176 valence electrons. The highest BCUT2D eigenvalue weighted by molar-refractivity contribution is 6.35. The quantitative estimate of drug-likeness (QED) is 0.256.